The number of halogens is 2. The van der Waals surface area contributed by atoms with Crippen LogP contribution in [0.2, 0.25) is 5.02 Å². The van der Waals surface area contributed by atoms with Crippen molar-refractivity contribution < 1.29 is 13.9 Å². The van der Waals surface area contributed by atoms with Gasteiger partial charge in [0, 0.05) is 11.4 Å². The average molecular weight is 391 g/mol. The van der Waals surface area contributed by atoms with Crippen LogP contribution in [-0.2, 0) is 6.42 Å². The van der Waals surface area contributed by atoms with Gasteiger partial charge in [-0.1, -0.05) is 23.7 Å². The van der Waals surface area contributed by atoms with Gasteiger partial charge in [-0.15, -0.1) is 11.3 Å². The van der Waals surface area contributed by atoms with E-state index in [1.807, 2.05) is 0 Å². The number of hydrogen-bond acceptors (Lipinski definition) is 4. The highest BCUT2D eigenvalue weighted by atomic mass is 35.5. The molecule has 0 radical (unpaired) electrons. The van der Waals surface area contributed by atoms with Gasteiger partial charge in [-0.3, -0.25) is 4.79 Å². The summed E-state index contributed by atoms with van der Waals surface area (Å²) in [5, 5.41) is 4.10. The van der Waals surface area contributed by atoms with E-state index in [1.165, 1.54) is 30.6 Å². The predicted molar refractivity (Wildman–Crippen MR) is 102 cm³/mol. The molecule has 1 N–H and O–H groups in total. The molecule has 0 atom stereocenters. The van der Waals surface area contributed by atoms with Crippen LogP contribution in [0, 0.1) is 12.7 Å². The number of ether oxygens (including phenoxy) is 1. The summed E-state index contributed by atoms with van der Waals surface area (Å²) in [6.45, 7) is 1.79. The lowest BCUT2D eigenvalue weighted by Crippen LogP contribution is -2.12. The average Bonchev–Trinajstić information content (AvgIpc) is 2.97. The normalized spacial score (nSPS) is 10.6. The van der Waals surface area contributed by atoms with Crippen LogP contribution in [-0.4, -0.2) is 18.0 Å². The molecule has 0 unspecified atom stereocenters. The molecular weight excluding hydrogens is 375 g/mol. The molecule has 0 aliphatic rings. The third-order valence-electron chi connectivity index (χ3n) is 3.73. The Balaban J connectivity index is 1.79. The third-order valence-corrected chi connectivity index (χ3v) is 5.12. The van der Waals surface area contributed by atoms with Crippen LogP contribution in [0.1, 0.15) is 25.9 Å². The Kier molecular flexibility index (Phi) is 5.54. The maximum atomic E-state index is 13.0. The fraction of sp³-hybridized carbons (Fsp3) is 0.158. The van der Waals surface area contributed by atoms with Crippen LogP contribution in [0.5, 0.6) is 5.75 Å². The van der Waals surface area contributed by atoms with E-state index in [0.717, 1.165) is 10.6 Å². The first kappa shape index (κ1) is 18.4. The molecule has 3 rings (SSSR count). The summed E-state index contributed by atoms with van der Waals surface area (Å²) in [4.78, 5) is 17.6. The van der Waals surface area contributed by atoms with Crippen molar-refractivity contribution in [3.05, 3.63) is 74.4 Å². The molecule has 0 bridgehead atoms. The number of amides is 1. The van der Waals surface area contributed by atoms with Crippen molar-refractivity contribution in [1.29, 1.82) is 0 Å². The van der Waals surface area contributed by atoms with E-state index in [1.54, 1.807) is 37.3 Å². The van der Waals surface area contributed by atoms with Crippen LogP contribution in [0.4, 0.5) is 10.1 Å². The number of rotatable bonds is 5. The molecular formula is C19H16ClFN2O2S. The van der Waals surface area contributed by atoms with Crippen LogP contribution < -0.4 is 10.1 Å². The quantitative estimate of drug-likeness (QED) is 0.659. The van der Waals surface area contributed by atoms with Gasteiger partial charge in [0.25, 0.3) is 5.91 Å². The first-order chi connectivity index (χ1) is 12.5. The maximum Gasteiger partial charge on any atom is 0.267 e. The van der Waals surface area contributed by atoms with Gasteiger partial charge < -0.3 is 10.1 Å². The molecule has 2 aromatic carbocycles. The van der Waals surface area contributed by atoms with Gasteiger partial charge in [-0.05, 0) is 42.8 Å². The Labute approximate surface area is 159 Å². The third kappa shape index (κ3) is 4.20. The van der Waals surface area contributed by atoms with Crippen LogP contribution >= 0.6 is 22.9 Å². The summed E-state index contributed by atoms with van der Waals surface area (Å²) >= 11 is 7.31. The minimum absolute atomic E-state index is 0.272. The first-order valence-electron chi connectivity index (χ1n) is 7.82. The van der Waals surface area contributed by atoms with Crippen molar-refractivity contribution in [2.24, 2.45) is 0 Å². The summed E-state index contributed by atoms with van der Waals surface area (Å²) < 4.78 is 18.3. The largest absolute Gasteiger partial charge is 0.495 e. The van der Waals surface area contributed by atoms with Crippen LogP contribution in [0.25, 0.3) is 0 Å². The SMILES string of the molecule is COc1ccc(Cl)cc1NC(=O)c1sc(Cc2ccc(F)cc2)nc1C. The number of anilines is 1. The van der Waals surface area contributed by atoms with Gasteiger partial charge in [0.2, 0.25) is 0 Å². The van der Waals surface area contributed by atoms with E-state index in [0.29, 0.717) is 33.5 Å². The van der Waals surface area contributed by atoms with Gasteiger partial charge in [0.05, 0.1) is 23.5 Å². The molecule has 1 heterocycles. The second-order valence-electron chi connectivity index (χ2n) is 5.62. The molecule has 134 valence electrons. The van der Waals surface area contributed by atoms with Gasteiger partial charge >= 0.3 is 0 Å². The number of methoxy groups -OCH3 is 1. The fourth-order valence-electron chi connectivity index (χ4n) is 2.47. The van der Waals surface area contributed by atoms with E-state index >= 15 is 0 Å². The summed E-state index contributed by atoms with van der Waals surface area (Å²) in [6.07, 6.45) is 0.541. The van der Waals surface area contributed by atoms with Crippen molar-refractivity contribution in [3.63, 3.8) is 0 Å². The fourth-order valence-corrected chi connectivity index (χ4v) is 3.64. The van der Waals surface area contributed by atoms with Crippen LogP contribution in [0.15, 0.2) is 42.5 Å². The maximum absolute atomic E-state index is 13.0. The number of hydrogen-bond donors (Lipinski definition) is 1. The second kappa shape index (κ2) is 7.85. The highest BCUT2D eigenvalue weighted by Gasteiger charge is 2.17. The summed E-state index contributed by atoms with van der Waals surface area (Å²) in [7, 11) is 1.53. The topological polar surface area (TPSA) is 51.2 Å². The Morgan fingerprint density at radius 2 is 2.00 bits per heavy atom. The molecule has 0 saturated heterocycles. The van der Waals surface area contributed by atoms with Gasteiger partial charge in [0.15, 0.2) is 0 Å². The molecule has 0 fully saturated rings. The van der Waals surface area contributed by atoms with E-state index in [4.69, 9.17) is 16.3 Å². The number of aromatic nitrogens is 1. The lowest BCUT2D eigenvalue weighted by molar-refractivity contribution is 0.102. The zero-order chi connectivity index (χ0) is 18.7. The Bertz CT molecular complexity index is 941. The monoisotopic (exact) mass is 390 g/mol. The molecule has 0 saturated carbocycles. The van der Waals surface area contributed by atoms with E-state index in [2.05, 4.69) is 10.3 Å². The zero-order valence-corrected chi connectivity index (χ0v) is 15.7. The number of nitrogens with one attached hydrogen (secondary N) is 1. The number of benzene rings is 2. The highest BCUT2D eigenvalue weighted by Crippen LogP contribution is 2.29. The molecule has 0 spiro atoms. The van der Waals surface area contributed by atoms with Crippen molar-refractivity contribution >= 4 is 34.5 Å². The van der Waals surface area contributed by atoms with Crippen molar-refractivity contribution in [1.82, 2.24) is 4.98 Å². The lowest BCUT2D eigenvalue weighted by atomic mass is 10.1. The molecule has 26 heavy (non-hydrogen) atoms. The van der Waals surface area contributed by atoms with E-state index < -0.39 is 0 Å². The lowest BCUT2D eigenvalue weighted by Gasteiger charge is -2.09. The van der Waals surface area contributed by atoms with Crippen molar-refractivity contribution in [2.75, 3.05) is 12.4 Å². The smallest absolute Gasteiger partial charge is 0.267 e. The highest BCUT2D eigenvalue weighted by molar-refractivity contribution is 7.14. The molecule has 3 aromatic rings. The van der Waals surface area contributed by atoms with Crippen molar-refractivity contribution in [3.8, 4) is 5.75 Å². The van der Waals surface area contributed by atoms with Gasteiger partial charge in [0.1, 0.15) is 16.4 Å². The number of nitrogens with zero attached hydrogens (tertiary/aromatic N) is 1. The Morgan fingerprint density at radius 1 is 1.27 bits per heavy atom. The number of carbonyl (C=O) groups excluding carboxylic acids is 1. The van der Waals surface area contributed by atoms with Gasteiger partial charge in [-0.25, -0.2) is 9.37 Å². The first-order valence-corrected chi connectivity index (χ1v) is 9.01. The molecule has 4 nitrogen and oxygen atoms in total. The van der Waals surface area contributed by atoms with Crippen LogP contribution in [0.3, 0.4) is 0 Å². The number of thiazole rings is 1. The molecule has 7 heteroatoms. The molecule has 1 aromatic heterocycles. The Morgan fingerprint density at radius 3 is 2.69 bits per heavy atom. The summed E-state index contributed by atoms with van der Waals surface area (Å²) in [5.74, 6) is -0.0259. The van der Waals surface area contributed by atoms with Gasteiger partial charge in [-0.2, -0.15) is 0 Å². The zero-order valence-electron chi connectivity index (χ0n) is 14.2. The summed E-state index contributed by atoms with van der Waals surface area (Å²) in [5.41, 5.74) is 2.08. The predicted octanol–water partition coefficient (Wildman–Crippen LogP) is 5.10. The Hall–Kier alpha value is -2.44. The number of aryl methyl sites for hydroxylation is 1. The molecule has 1 amide bonds. The minimum atomic E-state index is -0.278. The number of carbonyl (C=O) groups is 1. The van der Waals surface area contributed by atoms with E-state index in [-0.39, 0.29) is 11.7 Å². The molecule has 0 aliphatic heterocycles. The summed E-state index contributed by atoms with van der Waals surface area (Å²) in [6, 6.07) is 11.3. The minimum Gasteiger partial charge on any atom is -0.495 e. The second-order valence-corrected chi connectivity index (χ2v) is 7.14. The van der Waals surface area contributed by atoms with E-state index in [9.17, 15) is 9.18 Å². The molecule has 0 aliphatic carbocycles. The standard InChI is InChI=1S/C19H16ClFN2O2S/c1-11-18(19(24)23-15-10-13(20)5-8-16(15)25-2)26-17(22-11)9-12-3-6-14(21)7-4-12/h3-8,10H,9H2,1-2H3,(H,23,24). The van der Waals surface area contributed by atoms with Crippen molar-refractivity contribution in [2.45, 2.75) is 13.3 Å².